The highest BCUT2D eigenvalue weighted by atomic mass is 19.1. The van der Waals surface area contributed by atoms with E-state index in [4.69, 9.17) is 10.00 Å². The molecule has 5 heteroatoms. The summed E-state index contributed by atoms with van der Waals surface area (Å²) in [5.41, 5.74) is -0.0161. The van der Waals surface area contributed by atoms with Crippen molar-refractivity contribution >= 4 is 0 Å². The van der Waals surface area contributed by atoms with Crippen molar-refractivity contribution in [3.8, 4) is 6.07 Å². The highest BCUT2D eigenvalue weighted by Gasteiger charge is 2.29. The molecule has 102 valence electrons. The van der Waals surface area contributed by atoms with Gasteiger partial charge in [-0.25, -0.2) is 8.78 Å². The Labute approximate surface area is 111 Å². The summed E-state index contributed by atoms with van der Waals surface area (Å²) < 4.78 is 32.6. The van der Waals surface area contributed by atoms with Gasteiger partial charge in [-0.15, -0.1) is 0 Å². The van der Waals surface area contributed by atoms with Gasteiger partial charge in [0, 0.05) is 24.8 Å². The van der Waals surface area contributed by atoms with Crippen LogP contribution in [0.1, 0.15) is 30.9 Å². The summed E-state index contributed by atoms with van der Waals surface area (Å²) >= 11 is 0. The lowest BCUT2D eigenvalue weighted by Crippen LogP contribution is -2.45. The molecule has 0 atom stereocenters. The van der Waals surface area contributed by atoms with E-state index >= 15 is 0 Å². The van der Waals surface area contributed by atoms with Gasteiger partial charge in [-0.3, -0.25) is 0 Å². The zero-order chi connectivity index (χ0) is 13.8. The monoisotopic (exact) mass is 266 g/mol. The molecule has 0 aliphatic heterocycles. The highest BCUT2D eigenvalue weighted by Crippen LogP contribution is 2.24. The Balaban J connectivity index is 1.89. The average Bonchev–Trinajstić information content (AvgIpc) is 2.33. The number of halogens is 2. The maximum atomic E-state index is 13.6. The molecule has 1 fully saturated rings. The smallest absolute Gasteiger partial charge is 0.131 e. The van der Waals surface area contributed by atoms with Crippen molar-refractivity contribution in [2.75, 3.05) is 6.61 Å². The van der Waals surface area contributed by atoms with Crippen molar-refractivity contribution in [3.05, 3.63) is 34.9 Å². The summed E-state index contributed by atoms with van der Waals surface area (Å²) in [5.74, 6) is -1.35. The quantitative estimate of drug-likeness (QED) is 0.890. The fourth-order valence-corrected chi connectivity index (χ4v) is 2.19. The normalized spacial score (nSPS) is 21.8. The minimum absolute atomic E-state index is 0.00111. The SMILES string of the molecule is CCOC1CC(NCc2c(F)cc(C#N)cc2F)C1. The fraction of sp³-hybridized carbons (Fsp3) is 0.500. The topological polar surface area (TPSA) is 45.0 Å². The van der Waals surface area contributed by atoms with Gasteiger partial charge in [0.25, 0.3) is 0 Å². The largest absolute Gasteiger partial charge is 0.378 e. The van der Waals surface area contributed by atoms with Crippen LogP contribution in [0.2, 0.25) is 0 Å². The Morgan fingerprint density at radius 2 is 2.00 bits per heavy atom. The number of rotatable bonds is 5. The van der Waals surface area contributed by atoms with Gasteiger partial charge in [0.2, 0.25) is 0 Å². The van der Waals surface area contributed by atoms with Crippen LogP contribution in [0.5, 0.6) is 0 Å². The molecule has 0 bridgehead atoms. The van der Waals surface area contributed by atoms with E-state index in [2.05, 4.69) is 5.32 Å². The van der Waals surface area contributed by atoms with Crippen molar-refractivity contribution in [1.29, 1.82) is 5.26 Å². The van der Waals surface area contributed by atoms with Gasteiger partial charge in [-0.05, 0) is 31.9 Å². The van der Waals surface area contributed by atoms with Gasteiger partial charge in [0.15, 0.2) is 0 Å². The van der Waals surface area contributed by atoms with E-state index in [1.54, 1.807) is 6.07 Å². The molecule has 0 radical (unpaired) electrons. The van der Waals surface area contributed by atoms with E-state index < -0.39 is 11.6 Å². The summed E-state index contributed by atoms with van der Waals surface area (Å²) in [5, 5.41) is 11.7. The molecular formula is C14H16F2N2O. The van der Waals surface area contributed by atoms with Gasteiger partial charge < -0.3 is 10.1 Å². The first-order chi connectivity index (χ1) is 9.13. The van der Waals surface area contributed by atoms with Gasteiger partial charge in [-0.2, -0.15) is 5.26 Å². The third-order valence-electron chi connectivity index (χ3n) is 3.33. The first kappa shape index (κ1) is 13.9. The van der Waals surface area contributed by atoms with E-state index in [1.807, 2.05) is 6.92 Å². The third-order valence-corrected chi connectivity index (χ3v) is 3.33. The third kappa shape index (κ3) is 3.28. The van der Waals surface area contributed by atoms with Crippen LogP contribution < -0.4 is 5.32 Å². The van der Waals surface area contributed by atoms with Crippen molar-refractivity contribution in [1.82, 2.24) is 5.32 Å². The predicted molar refractivity (Wildman–Crippen MR) is 66.3 cm³/mol. The number of nitrogens with one attached hydrogen (secondary N) is 1. The van der Waals surface area contributed by atoms with E-state index in [9.17, 15) is 8.78 Å². The molecule has 1 saturated carbocycles. The van der Waals surface area contributed by atoms with E-state index in [0.717, 1.165) is 25.0 Å². The maximum absolute atomic E-state index is 13.6. The van der Waals surface area contributed by atoms with E-state index in [0.29, 0.717) is 6.61 Å². The Morgan fingerprint density at radius 3 is 2.53 bits per heavy atom. The molecule has 0 saturated heterocycles. The van der Waals surface area contributed by atoms with Crippen LogP contribution >= 0.6 is 0 Å². The molecule has 1 aromatic rings. The summed E-state index contributed by atoms with van der Waals surface area (Å²) in [6.07, 6.45) is 2.00. The minimum atomic E-state index is -0.676. The lowest BCUT2D eigenvalue weighted by molar-refractivity contribution is -0.0103. The molecule has 0 heterocycles. The highest BCUT2D eigenvalue weighted by molar-refractivity contribution is 5.34. The molecule has 19 heavy (non-hydrogen) atoms. The number of nitriles is 1. The molecule has 0 spiro atoms. The molecule has 0 amide bonds. The number of nitrogens with zero attached hydrogens (tertiary/aromatic N) is 1. The number of ether oxygens (including phenoxy) is 1. The van der Waals surface area contributed by atoms with Crippen molar-refractivity contribution in [3.63, 3.8) is 0 Å². The Bertz CT molecular complexity index is 470. The molecule has 1 aromatic carbocycles. The molecule has 0 aromatic heterocycles. The second-order valence-corrected chi connectivity index (χ2v) is 4.66. The second kappa shape index (κ2) is 6.09. The summed E-state index contributed by atoms with van der Waals surface area (Å²) in [6, 6.07) is 4.09. The Kier molecular flexibility index (Phi) is 4.46. The number of hydrogen-bond donors (Lipinski definition) is 1. The van der Waals surface area contributed by atoms with Crippen LogP contribution in [0.15, 0.2) is 12.1 Å². The lowest BCUT2D eigenvalue weighted by atomic mass is 9.89. The standard InChI is InChI=1S/C14H16F2N2O/c1-2-19-11-5-10(6-11)18-8-12-13(15)3-9(7-17)4-14(12)16/h3-4,10-11,18H,2,5-6,8H2,1H3. The average molecular weight is 266 g/mol. The zero-order valence-electron chi connectivity index (χ0n) is 10.7. The zero-order valence-corrected chi connectivity index (χ0v) is 10.7. The van der Waals surface area contributed by atoms with Gasteiger partial charge in [0.05, 0.1) is 17.7 Å². The molecule has 2 rings (SSSR count). The predicted octanol–water partition coefficient (Wildman–Crippen LogP) is 2.49. The van der Waals surface area contributed by atoms with Crippen molar-refractivity contribution in [2.45, 2.75) is 38.5 Å². The van der Waals surface area contributed by atoms with Gasteiger partial charge in [-0.1, -0.05) is 0 Å². The second-order valence-electron chi connectivity index (χ2n) is 4.66. The summed E-state index contributed by atoms with van der Waals surface area (Å²) in [6.45, 7) is 2.77. The fourth-order valence-electron chi connectivity index (χ4n) is 2.19. The molecule has 1 aliphatic rings. The van der Waals surface area contributed by atoms with Crippen LogP contribution in [0.25, 0.3) is 0 Å². The lowest BCUT2D eigenvalue weighted by Gasteiger charge is -2.35. The van der Waals surface area contributed by atoms with Gasteiger partial charge >= 0.3 is 0 Å². The van der Waals surface area contributed by atoms with Crippen LogP contribution in [-0.2, 0) is 11.3 Å². The Morgan fingerprint density at radius 1 is 1.37 bits per heavy atom. The van der Waals surface area contributed by atoms with Crippen LogP contribution in [-0.4, -0.2) is 18.8 Å². The minimum Gasteiger partial charge on any atom is -0.378 e. The Hall–Kier alpha value is -1.51. The molecule has 3 nitrogen and oxygen atoms in total. The summed E-state index contributed by atoms with van der Waals surface area (Å²) in [7, 11) is 0. The number of benzene rings is 1. The van der Waals surface area contributed by atoms with E-state index in [1.165, 1.54) is 0 Å². The van der Waals surface area contributed by atoms with E-state index in [-0.39, 0.29) is 29.8 Å². The first-order valence-corrected chi connectivity index (χ1v) is 6.37. The van der Waals surface area contributed by atoms with Gasteiger partial charge in [0.1, 0.15) is 11.6 Å². The molecular weight excluding hydrogens is 250 g/mol. The molecule has 1 aliphatic carbocycles. The van der Waals surface area contributed by atoms with Crippen molar-refractivity contribution in [2.24, 2.45) is 0 Å². The first-order valence-electron chi connectivity index (χ1n) is 6.37. The van der Waals surface area contributed by atoms with Crippen molar-refractivity contribution < 1.29 is 13.5 Å². The van der Waals surface area contributed by atoms with Crippen LogP contribution in [0, 0.1) is 23.0 Å². The molecule has 1 N–H and O–H groups in total. The maximum Gasteiger partial charge on any atom is 0.131 e. The van der Waals surface area contributed by atoms with Crippen LogP contribution in [0.3, 0.4) is 0 Å². The summed E-state index contributed by atoms with van der Waals surface area (Å²) in [4.78, 5) is 0. The van der Waals surface area contributed by atoms with Crippen LogP contribution in [0.4, 0.5) is 8.78 Å². The number of hydrogen-bond acceptors (Lipinski definition) is 3. The molecule has 0 unspecified atom stereocenters.